The fraction of sp³-hybridized carbons (Fsp3) is 0.222. The van der Waals surface area contributed by atoms with Gasteiger partial charge < -0.3 is 10.2 Å². The molecule has 136 valence electrons. The van der Waals surface area contributed by atoms with Gasteiger partial charge >= 0.3 is 5.51 Å². The molecule has 1 heterocycles. The number of carbonyl (C=O) groups excluding carboxylic acids is 2. The zero-order valence-corrected chi connectivity index (χ0v) is 14.4. The molecular formula is C18H15F3N2O2S. The quantitative estimate of drug-likeness (QED) is 0.784. The predicted molar refractivity (Wildman–Crippen MR) is 94.3 cm³/mol. The van der Waals surface area contributed by atoms with Gasteiger partial charge in [0.25, 0.3) is 5.91 Å². The molecule has 2 amide bonds. The van der Waals surface area contributed by atoms with Gasteiger partial charge in [0.2, 0.25) is 5.91 Å². The van der Waals surface area contributed by atoms with Crippen LogP contribution in [0.4, 0.5) is 24.5 Å². The van der Waals surface area contributed by atoms with Crippen LogP contribution in [0.5, 0.6) is 0 Å². The maximum absolute atomic E-state index is 12.3. The lowest BCUT2D eigenvalue weighted by Crippen LogP contribution is -2.23. The Hall–Kier alpha value is -2.48. The van der Waals surface area contributed by atoms with E-state index in [0.717, 1.165) is 12.1 Å². The zero-order valence-electron chi connectivity index (χ0n) is 13.5. The third kappa shape index (κ3) is 4.57. The lowest BCUT2D eigenvalue weighted by atomic mass is 10.2. The summed E-state index contributed by atoms with van der Waals surface area (Å²) < 4.78 is 36.9. The first-order chi connectivity index (χ1) is 12.3. The number of hydrogen-bond donors (Lipinski definition) is 1. The molecule has 0 unspecified atom stereocenters. The van der Waals surface area contributed by atoms with E-state index >= 15 is 0 Å². The van der Waals surface area contributed by atoms with Crippen LogP contribution in [0.3, 0.4) is 0 Å². The van der Waals surface area contributed by atoms with Crippen molar-refractivity contribution in [1.29, 1.82) is 0 Å². The van der Waals surface area contributed by atoms with Crippen LogP contribution in [0.25, 0.3) is 0 Å². The summed E-state index contributed by atoms with van der Waals surface area (Å²) in [4.78, 5) is 25.6. The molecule has 8 heteroatoms. The van der Waals surface area contributed by atoms with Crippen molar-refractivity contribution in [1.82, 2.24) is 0 Å². The van der Waals surface area contributed by atoms with E-state index < -0.39 is 11.4 Å². The summed E-state index contributed by atoms with van der Waals surface area (Å²) >= 11 is -0.225. The van der Waals surface area contributed by atoms with Gasteiger partial charge in [-0.2, -0.15) is 13.2 Å². The number of benzene rings is 2. The van der Waals surface area contributed by atoms with Gasteiger partial charge in [0, 0.05) is 34.8 Å². The molecule has 3 rings (SSSR count). The molecule has 4 nitrogen and oxygen atoms in total. The number of alkyl halides is 3. The van der Waals surface area contributed by atoms with E-state index in [0.29, 0.717) is 18.7 Å². The molecule has 1 N–H and O–H groups in total. The Bertz CT molecular complexity index is 805. The van der Waals surface area contributed by atoms with Gasteiger partial charge in [-0.25, -0.2) is 0 Å². The van der Waals surface area contributed by atoms with E-state index in [4.69, 9.17) is 0 Å². The molecule has 0 bridgehead atoms. The molecule has 0 radical (unpaired) electrons. The molecule has 2 aromatic carbocycles. The van der Waals surface area contributed by atoms with Gasteiger partial charge in [-0.1, -0.05) is 0 Å². The normalized spacial score (nSPS) is 14.6. The summed E-state index contributed by atoms with van der Waals surface area (Å²) in [6, 6.07) is 12.1. The van der Waals surface area contributed by atoms with Crippen molar-refractivity contribution in [3.63, 3.8) is 0 Å². The Morgan fingerprint density at radius 3 is 2.23 bits per heavy atom. The number of hydrogen-bond acceptors (Lipinski definition) is 3. The highest BCUT2D eigenvalue weighted by Crippen LogP contribution is 2.36. The second kappa shape index (κ2) is 7.41. The highest BCUT2D eigenvalue weighted by Gasteiger charge is 2.29. The van der Waals surface area contributed by atoms with E-state index in [1.54, 1.807) is 29.2 Å². The topological polar surface area (TPSA) is 49.4 Å². The summed E-state index contributed by atoms with van der Waals surface area (Å²) in [5.74, 6) is -0.336. The Morgan fingerprint density at radius 1 is 1.04 bits per heavy atom. The minimum atomic E-state index is -4.36. The first-order valence-electron chi connectivity index (χ1n) is 7.89. The van der Waals surface area contributed by atoms with Crippen LogP contribution < -0.4 is 10.2 Å². The van der Waals surface area contributed by atoms with Crippen molar-refractivity contribution in [2.75, 3.05) is 16.8 Å². The fourth-order valence-electron chi connectivity index (χ4n) is 2.66. The van der Waals surface area contributed by atoms with Gasteiger partial charge in [-0.3, -0.25) is 9.59 Å². The van der Waals surface area contributed by atoms with Gasteiger partial charge in [-0.15, -0.1) is 0 Å². The molecule has 26 heavy (non-hydrogen) atoms. The second-order valence-corrected chi connectivity index (χ2v) is 6.86. The van der Waals surface area contributed by atoms with Crippen molar-refractivity contribution < 1.29 is 22.8 Å². The van der Waals surface area contributed by atoms with Gasteiger partial charge in [0.05, 0.1) is 0 Å². The van der Waals surface area contributed by atoms with Gasteiger partial charge in [0.1, 0.15) is 0 Å². The molecule has 1 saturated heterocycles. The molecular weight excluding hydrogens is 365 g/mol. The zero-order chi connectivity index (χ0) is 18.7. The van der Waals surface area contributed by atoms with Crippen LogP contribution in [0.2, 0.25) is 0 Å². The van der Waals surface area contributed by atoms with Crippen LogP contribution in [-0.2, 0) is 4.79 Å². The number of halogens is 3. The Labute approximate surface area is 152 Å². The number of nitrogens with one attached hydrogen (secondary N) is 1. The Balaban J connectivity index is 1.63. The van der Waals surface area contributed by atoms with E-state index in [1.807, 2.05) is 0 Å². The summed E-state index contributed by atoms with van der Waals surface area (Å²) in [6.07, 6.45) is 1.38. The first-order valence-corrected chi connectivity index (χ1v) is 8.71. The smallest absolute Gasteiger partial charge is 0.322 e. The highest BCUT2D eigenvalue weighted by molar-refractivity contribution is 8.00. The minimum Gasteiger partial charge on any atom is -0.322 e. The SMILES string of the molecule is O=C(Nc1ccc(N2CCCC2=O)cc1)c1ccc(SC(F)(F)F)cc1. The molecule has 1 aliphatic heterocycles. The molecule has 0 atom stereocenters. The van der Waals surface area contributed by atoms with E-state index in [1.165, 1.54) is 24.3 Å². The number of nitrogens with zero attached hydrogens (tertiary/aromatic N) is 1. The second-order valence-electron chi connectivity index (χ2n) is 5.72. The standard InChI is InChI=1S/C18H15F3N2O2S/c19-18(20,21)26-15-9-3-12(4-10-15)17(25)22-13-5-7-14(8-6-13)23-11-1-2-16(23)24/h3-10H,1-2,11H2,(H,22,25). The lowest BCUT2D eigenvalue weighted by molar-refractivity contribution is -0.117. The largest absolute Gasteiger partial charge is 0.446 e. The minimum absolute atomic E-state index is 0.0219. The number of amides is 2. The Morgan fingerprint density at radius 2 is 1.69 bits per heavy atom. The van der Waals surface area contributed by atoms with Crippen molar-refractivity contribution >= 4 is 35.0 Å². The average Bonchev–Trinajstić information content (AvgIpc) is 3.01. The summed E-state index contributed by atoms with van der Waals surface area (Å²) in [5, 5.41) is 2.68. The van der Waals surface area contributed by atoms with Crippen LogP contribution in [-0.4, -0.2) is 23.9 Å². The third-order valence-corrected chi connectivity index (χ3v) is 4.60. The van der Waals surface area contributed by atoms with Crippen molar-refractivity contribution in [2.45, 2.75) is 23.2 Å². The summed E-state index contributed by atoms with van der Waals surface area (Å²) in [7, 11) is 0. The van der Waals surface area contributed by atoms with Crippen LogP contribution in [0.15, 0.2) is 53.4 Å². The monoisotopic (exact) mass is 380 g/mol. The summed E-state index contributed by atoms with van der Waals surface area (Å²) in [5.41, 5.74) is -2.78. The molecule has 2 aromatic rings. The molecule has 0 aliphatic carbocycles. The molecule has 1 aliphatic rings. The molecule has 1 fully saturated rings. The molecule has 0 aromatic heterocycles. The van der Waals surface area contributed by atoms with Crippen molar-refractivity contribution in [3.05, 3.63) is 54.1 Å². The van der Waals surface area contributed by atoms with E-state index in [9.17, 15) is 22.8 Å². The number of thioether (sulfide) groups is 1. The fourth-order valence-corrected chi connectivity index (χ4v) is 3.20. The highest BCUT2D eigenvalue weighted by atomic mass is 32.2. The summed E-state index contributed by atoms with van der Waals surface area (Å²) in [6.45, 7) is 0.687. The average molecular weight is 380 g/mol. The maximum Gasteiger partial charge on any atom is 0.446 e. The van der Waals surface area contributed by atoms with Gasteiger partial charge in [-0.05, 0) is 66.7 Å². The van der Waals surface area contributed by atoms with Gasteiger partial charge in [0.15, 0.2) is 0 Å². The van der Waals surface area contributed by atoms with Crippen molar-refractivity contribution in [2.24, 2.45) is 0 Å². The lowest BCUT2D eigenvalue weighted by Gasteiger charge is -2.16. The van der Waals surface area contributed by atoms with E-state index in [-0.39, 0.29) is 28.1 Å². The molecule has 0 saturated carbocycles. The Kier molecular flexibility index (Phi) is 5.22. The van der Waals surface area contributed by atoms with Crippen LogP contribution >= 0.6 is 11.8 Å². The van der Waals surface area contributed by atoms with Crippen LogP contribution in [0, 0.1) is 0 Å². The van der Waals surface area contributed by atoms with Crippen LogP contribution in [0.1, 0.15) is 23.2 Å². The number of anilines is 2. The number of rotatable bonds is 4. The van der Waals surface area contributed by atoms with Crippen molar-refractivity contribution in [3.8, 4) is 0 Å². The predicted octanol–water partition coefficient (Wildman–Crippen LogP) is 4.68. The van der Waals surface area contributed by atoms with E-state index in [2.05, 4.69) is 5.32 Å². The first kappa shape index (κ1) is 18.3. The number of carbonyl (C=O) groups is 2. The maximum atomic E-state index is 12.3. The molecule has 0 spiro atoms. The third-order valence-electron chi connectivity index (χ3n) is 3.86.